The zero-order valence-corrected chi connectivity index (χ0v) is 18.8. The smallest absolute Gasteiger partial charge is 0.243 e. The quantitative estimate of drug-likeness (QED) is 0.252. The molecule has 0 aliphatic rings. The molecule has 3 N–H and O–H groups in total. The Bertz CT molecular complexity index is 841. The Labute approximate surface area is 184 Å². The lowest BCUT2D eigenvalue weighted by Crippen LogP contribution is -2.45. The van der Waals surface area contributed by atoms with Crippen molar-refractivity contribution in [2.75, 3.05) is 25.5 Å². The van der Waals surface area contributed by atoms with Gasteiger partial charge in [0.1, 0.15) is 0 Å². The zero-order chi connectivity index (χ0) is 19.7. The molecule has 0 aliphatic heterocycles. The monoisotopic (exact) mass is 490 g/mol. The molecule has 2 rings (SSSR count). The largest absolute Gasteiger partial charge is 0.356 e. The van der Waals surface area contributed by atoms with Crippen molar-refractivity contribution >= 4 is 41.5 Å². The lowest BCUT2D eigenvalue weighted by atomic mass is 9.85. The molecule has 0 saturated carbocycles. The molecule has 0 heterocycles. The summed E-state index contributed by atoms with van der Waals surface area (Å²) in [4.78, 5) is 16.3. The van der Waals surface area contributed by atoms with Crippen molar-refractivity contribution in [3.8, 4) is 12.3 Å². The Hall–Kier alpha value is -2.53. The number of guanidine groups is 1. The lowest BCUT2D eigenvalue weighted by Gasteiger charge is -2.26. The van der Waals surface area contributed by atoms with Crippen LogP contribution in [0.1, 0.15) is 25.0 Å². The molecular weight excluding hydrogens is 463 g/mol. The number of anilines is 1. The van der Waals surface area contributed by atoms with Crippen LogP contribution < -0.4 is 16.0 Å². The number of terminal acetylenes is 1. The number of rotatable bonds is 6. The van der Waals surface area contributed by atoms with Gasteiger partial charge in [-0.15, -0.1) is 30.4 Å². The predicted molar refractivity (Wildman–Crippen MR) is 127 cm³/mol. The third-order valence-corrected chi connectivity index (χ3v) is 4.21. The summed E-state index contributed by atoms with van der Waals surface area (Å²) in [7, 11) is 1.68. The number of halogens is 1. The third-order valence-electron chi connectivity index (χ3n) is 4.21. The van der Waals surface area contributed by atoms with Crippen LogP contribution in [0.2, 0.25) is 0 Å². The van der Waals surface area contributed by atoms with Crippen LogP contribution in [0.15, 0.2) is 59.6 Å². The average molecular weight is 490 g/mol. The van der Waals surface area contributed by atoms with Crippen molar-refractivity contribution in [3.05, 3.63) is 65.7 Å². The molecule has 0 unspecified atom stereocenters. The van der Waals surface area contributed by atoms with Crippen LogP contribution in [-0.4, -0.2) is 32.0 Å². The van der Waals surface area contributed by atoms with E-state index in [1.807, 2.05) is 30.3 Å². The number of hydrogen-bond acceptors (Lipinski definition) is 2. The molecular formula is C22H27IN4O. The van der Waals surface area contributed by atoms with Crippen LogP contribution >= 0.6 is 24.0 Å². The Morgan fingerprint density at radius 3 is 2.46 bits per heavy atom. The maximum Gasteiger partial charge on any atom is 0.243 e. The van der Waals surface area contributed by atoms with Crippen LogP contribution in [0, 0.1) is 12.3 Å². The van der Waals surface area contributed by atoms with Gasteiger partial charge in [0.25, 0.3) is 0 Å². The highest BCUT2D eigenvalue weighted by molar-refractivity contribution is 14.0. The van der Waals surface area contributed by atoms with Crippen LogP contribution in [0.5, 0.6) is 0 Å². The number of carbonyl (C=O) groups is 1. The van der Waals surface area contributed by atoms with Gasteiger partial charge in [0, 0.05) is 30.3 Å². The summed E-state index contributed by atoms with van der Waals surface area (Å²) < 4.78 is 0. The van der Waals surface area contributed by atoms with E-state index in [4.69, 9.17) is 6.42 Å². The maximum absolute atomic E-state index is 12.1. The SMILES string of the molecule is C#Cc1cccc(NC(=O)CNC(=NC)NCC(C)(C)c2ccccc2)c1.I. The fourth-order valence-electron chi connectivity index (χ4n) is 2.57. The molecule has 0 aromatic heterocycles. The summed E-state index contributed by atoms with van der Waals surface area (Å²) in [5, 5.41) is 9.12. The van der Waals surface area contributed by atoms with E-state index in [2.05, 4.69) is 52.8 Å². The fourth-order valence-corrected chi connectivity index (χ4v) is 2.57. The highest BCUT2D eigenvalue weighted by Crippen LogP contribution is 2.21. The minimum atomic E-state index is -0.172. The van der Waals surface area contributed by atoms with Crippen molar-refractivity contribution in [1.82, 2.24) is 10.6 Å². The molecule has 2 aromatic rings. The molecule has 2 aromatic carbocycles. The molecule has 0 radical (unpaired) electrons. The standard InChI is InChI=1S/C22H26N4O.HI/c1-5-17-10-9-13-19(14-17)26-20(27)15-24-21(23-4)25-16-22(2,3)18-11-7-6-8-12-18;/h1,6-14H,15-16H2,2-4H3,(H,26,27)(H2,23,24,25);1H. The Balaban J connectivity index is 0.00000392. The summed E-state index contributed by atoms with van der Waals surface area (Å²) >= 11 is 0. The zero-order valence-electron chi connectivity index (χ0n) is 16.5. The molecule has 0 atom stereocenters. The van der Waals surface area contributed by atoms with E-state index in [9.17, 15) is 4.79 Å². The lowest BCUT2D eigenvalue weighted by molar-refractivity contribution is -0.115. The molecule has 5 nitrogen and oxygen atoms in total. The summed E-state index contributed by atoms with van der Waals surface area (Å²) in [6.07, 6.45) is 5.38. The van der Waals surface area contributed by atoms with Crippen LogP contribution in [-0.2, 0) is 10.2 Å². The molecule has 0 spiro atoms. The van der Waals surface area contributed by atoms with E-state index in [0.29, 0.717) is 18.2 Å². The van der Waals surface area contributed by atoms with Gasteiger partial charge in [-0.3, -0.25) is 9.79 Å². The summed E-state index contributed by atoms with van der Waals surface area (Å²) in [5.41, 5.74) is 2.56. The van der Waals surface area contributed by atoms with E-state index in [1.54, 1.807) is 19.2 Å². The number of aliphatic imine (C=N–C) groups is 1. The van der Waals surface area contributed by atoms with Gasteiger partial charge < -0.3 is 16.0 Å². The highest BCUT2D eigenvalue weighted by Gasteiger charge is 2.20. The second kappa shape index (κ2) is 11.3. The Morgan fingerprint density at radius 2 is 1.82 bits per heavy atom. The number of nitrogens with one attached hydrogen (secondary N) is 3. The number of carbonyl (C=O) groups excluding carboxylic acids is 1. The first-order valence-corrected chi connectivity index (χ1v) is 8.81. The van der Waals surface area contributed by atoms with Crippen molar-refractivity contribution in [1.29, 1.82) is 0 Å². The second-order valence-corrected chi connectivity index (χ2v) is 6.80. The van der Waals surface area contributed by atoms with Crippen LogP contribution in [0.4, 0.5) is 5.69 Å². The van der Waals surface area contributed by atoms with Crippen LogP contribution in [0.25, 0.3) is 0 Å². The van der Waals surface area contributed by atoms with E-state index in [1.165, 1.54) is 5.56 Å². The molecule has 28 heavy (non-hydrogen) atoms. The van der Waals surface area contributed by atoms with Gasteiger partial charge in [0.05, 0.1) is 6.54 Å². The fraction of sp³-hybridized carbons (Fsp3) is 0.273. The molecule has 0 saturated heterocycles. The molecule has 0 aliphatic carbocycles. The van der Waals surface area contributed by atoms with Crippen LogP contribution in [0.3, 0.4) is 0 Å². The van der Waals surface area contributed by atoms with Gasteiger partial charge in [-0.25, -0.2) is 0 Å². The first kappa shape index (κ1) is 23.5. The van der Waals surface area contributed by atoms with Crippen molar-refractivity contribution < 1.29 is 4.79 Å². The van der Waals surface area contributed by atoms with Gasteiger partial charge in [-0.1, -0.05) is 56.2 Å². The summed E-state index contributed by atoms with van der Waals surface area (Å²) in [6, 6.07) is 17.5. The molecule has 1 amide bonds. The topological polar surface area (TPSA) is 65.5 Å². The predicted octanol–water partition coefficient (Wildman–Crippen LogP) is 3.37. The summed E-state index contributed by atoms with van der Waals surface area (Å²) in [5.74, 6) is 2.95. The molecule has 0 fully saturated rings. The second-order valence-electron chi connectivity index (χ2n) is 6.80. The number of hydrogen-bond donors (Lipinski definition) is 3. The first-order chi connectivity index (χ1) is 12.9. The minimum Gasteiger partial charge on any atom is -0.356 e. The molecule has 148 valence electrons. The summed E-state index contributed by atoms with van der Waals surface area (Å²) in [6.45, 7) is 5.11. The number of amides is 1. The van der Waals surface area contributed by atoms with Gasteiger partial charge in [0.15, 0.2) is 5.96 Å². The maximum atomic E-state index is 12.1. The van der Waals surface area contributed by atoms with E-state index < -0.39 is 0 Å². The van der Waals surface area contributed by atoms with Gasteiger partial charge >= 0.3 is 0 Å². The number of benzene rings is 2. The normalized spacial score (nSPS) is 11.0. The van der Waals surface area contributed by atoms with Gasteiger partial charge in [-0.2, -0.15) is 0 Å². The van der Waals surface area contributed by atoms with Gasteiger partial charge in [0.2, 0.25) is 5.91 Å². The highest BCUT2D eigenvalue weighted by atomic mass is 127. The van der Waals surface area contributed by atoms with Crippen molar-refractivity contribution in [3.63, 3.8) is 0 Å². The molecule has 6 heteroatoms. The number of nitrogens with zero attached hydrogens (tertiary/aromatic N) is 1. The Morgan fingerprint density at radius 1 is 1.11 bits per heavy atom. The molecule has 0 bridgehead atoms. The van der Waals surface area contributed by atoms with Gasteiger partial charge in [-0.05, 0) is 23.8 Å². The van der Waals surface area contributed by atoms with E-state index in [-0.39, 0.29) is 41.8 Å². The van der Waals surface area contributed by atoms with E-state index >= 15 is 0 Å². The minimum absolute atomic E-state index is 0. The van der Waals surface area contributed by atoms with E-state index in [0.717, 1.165) is 5.56 Å². The van der Waals surface area contributed by atoms with Crippen molar-refractivity contribution in [2.24, 2.45) is 4.99 Å². The Kier molecular flexibility index (Phi) is 9.52. The third kappa shape index (κ3) is 7.24. The van der Waals surface area contributed by atoms with Crippen molar-refractivity contribution in [2.45, 2.75) is 19.3 Å². The average Bonchev–Trinajstić information content (AvgIpc) is 2.69. The first-order valence-electron chi connectivity index (χ1n) is 8.81.